The molecule has 9 nitrogen and oxygen atoms in total. The summed E-state index contributed by atoms with van der Waals surface area (Å²) in [5.41, 5.74) is 3.12. The quantitative estimate of drug-likeness (QED) is 0.219. The predicted molar refractivity (Wildman–Crippen MR) is 154 cm³/mol. The van der Waals surface area contributed by atoms with Crippen molar-refractivity contribution in [2.75, 3.05) is 36.4 Å². The van der Waals surface area contributed by atoms with E-state index in [1.165, 1.54) is 31.2 Å². The third-order valence-electron chi connectivity index (χ3n) is 6.35. The van der Waals surface area contributed by atoms with Crippen molar-refractivity contribution < 1.29 is 23.5 Å². The van der Waals surface area contributed by atoms with E-state index in [1.807, 2.05) is 29.8 Å². The highest BCUT2D eigenvalue weighted by Crippen LogP contribution is 2.23. The van der Waals surface area contributed by atoms with Gasteiger partial charge in [-0.3, -0.25) is 9.59 Å². The molecular formula is C28H34Cl2FN5O4. The number of halogens is 3. The molecule has 0 fully saturated rings. The molecule has 1 heterocycles. The van der Waals surface area contributed by atoms with Crippen LogP contribution >= 0.6 is 23.2 Å². The van der Waals surface area contributed by atoms with Crippen LogP contribution in [0, 0.1) is 5.82 Å². The number of esters is 1. The molecule has 2 amide bonds. The van der Waals surface area contributed by atoms with Crippen molar-refractivity contribution in [1.29, 1.82) is 0 Å². The van der Waals surface area contributed by atoms with E-state index in [2.05, 4.69) is 15.5 Å². The maximum absolute atomic E-state index is 13.4. The van der Waals surface area contributed by atoms with E-state index in [1.54, 1.807) is 6.92 Å². The lowest BCUT2D eigenvalue weighted by Crippen LogP contribution is -2.53. The van der Waals surface area contributed by atoms with Gasteiger partial charge < -0.3 is 24.8 Å². The Labute approximate surface area is 243 Å². The number of carbonyl (C=O) groups excluding carboxylic acids is 3. The Hall–Kier alpha value is -3.37. The predicted octanol–water partition coefficient (Wildman–Crippen LogP) is 3.33. The van der Waals surface area contributed by atoms with Crippen molar-refractivity contribution in [2.45, 2.75) is 38.8 Å². The van der Waals surface area contributed by atoms with Gasteiger partial charge in [-0.1, -0.05) is 12.1 Å². The monoisotopic (exact) mass is 593 g/mol. The number of aromatic nitrogens is 2. The van der Waals surface area contributed by atoms with Crippen LogP contribution in [0.3, 0.4) is 0 Å². The van der Waals surface area contributed by atoms with Crippen LogP contribution in [-0.2, 0) is 39.0 Å². The van der Waals surface area contributed by atoms with Gasteiger partial charge in [0.1, 0.15) is 23.7 Å². The Balaban J connectivity index is 1.85. The molecule has 2 N–H and O–H groups in total. The average Bonchev–Trinajstić information content (AvgIpc) is 3.23. The van der Waals surface area contributed by atoms with Crippen molar-refractivity contribution in [2.24, 2.45) is 7.05 Å². The number of ether oxygens (including phenoxy) is 1. The van der Waals surface area contributed by atoms with Gasteiger partial charge in [0.05, 0.1) is 17.6 Å². The van der Waals surface area contributed by atoms with E-state index in [0.29, 0.717) is 41.8 Å². The minimum atomic E-state index is -1.04. The number of hydrogen-bond donors (Lipinski definition) is 2. The maximum Gasteiger partial charge on any atom is 0.328 e. The number of amides is 2. The van der Waals surface area contributed by atoms with Gasteiger partial charge in [0.2, 0.25) is 11.8 Å². The van der Waals surface area contributed by atoms with E-state index in [-0.39, 0.29) is 19.4 Å². The molecule has 216 valence electrons. The molecular weight excluding hydrogens is 560 g/mol. The molecule has 0 aliphatic rings. The average molecular weight is 595 g/mol. The van der Waals surface area contributed by atoms with Crippen LogP contribution in [0.2, 0.25) is 0 Å². The summed E-state index contributed by atoms with van der Waals surface area (Å²) in [5, 5.41) is 5.37. The first-order chi connectivity index (χ1) is 19.2. The number of hydrogen-bond acceptors (Lipinski definition) is 6. The van der Waals surface area contributed by atoms with E-state index in [0.717, 1.165) is 11.2 Å². The van der Waals surface area contributed by atoms with Crippen LogP contribution in [0.15, 0.2) is 42.5 Å². The number of benzene rings is 2. The number of nitrogens with zero attached hydrogens (tertiary/aromatic N) is 3. The lowest BCUT2D eigenvalue weighted by atomic mass is 10.0. The molecule has 0 saturated carbocycles. The third kappa shape index (κ3) is 8.32. The molecule has 0 spiro atoms. The van der Waals surface area contributed by atoms with Gasteiger partial charge in [-0.05, 0) is 42.8 Å². The molecule has 3 rings (SSSR count). The largest absolute Gasteiger partial charge is 0.464 e. The van der Waals surface area contributed by atoms with Crippen LogP contribution in [0.5, 0.6) is 0 Å². The second-order valence-electron chi connectivity index (χ2n) is 9.23. The van der Waals surface area contributed by atoms with E-state index in [9.17, 15) is 18.8 Å². The Morgan fingerprint density at radius 3 is 2.30 bits per heavy atom. The standard InChI is InChI=1S/C28H34Cl2FN5O4/c1-4-40-28(39)24(15-19-5-7-20(31)8-6-19)34-27(38)23(32-18(2)37)17-26-33-22-16-21(9-10-25(22)35(26)3)36(13-11-29)14-12-30/h5-10,16,23-24H,4,11-15,17H2,1-3H3,(H,32,37)(H,34,38). The zero-order valence-corrected chi connectivity index (χ0v) is 24.3. The number of imidazole rings is 1. The fourth-order valence-electron chi connectivity index (χ4n) is 4.39. The SMILES string of the molecule is CCOC(=O)C(Cc1ccc(F)cc1)NC(=O)C(Cc1nc2cc(N(CCCl)CCCl)ccc2n1C)NC(C)=O. The molecule has 3 aromatic rings. The molecule has 0 aliphatic heterocycles. The topological polar surface area (TPSA) is 106 Å². The van der Waals surface area contributed by atoms with Gasteiger partial charge >= 0.3 is 5.97 Å². The van der Waals surface area contributed by atoms with Gasteiger partial charge in [-0.25, -0.2) is 14.2 Å². The summed E-state index contributed by atoms with van der Waals surface area (Å²) < 4.78 is 20.4. The second-order valence-corrected chi connectivity index (χ2v) is 9.98. The summed E-state index contributed by atoms with van der Waals surface area (Å²) in [6.07, 6.45) is 0.166. The van der Waals surface area contributed by atoms with E-state index in [4.69, 9.17) is 32.9 Å². The summed E-state index contributed by atoms with van der Waals surface area (Å²) in [6, 6.07) is 9.41. The van der Waals surface area contributed by atoms with E-state index >= 15 is 0 Å². The number of rotatable bonds is 14. The van der Waals surface area contributed by atoms with Gasteiger partial charge in [0.15, 0.2) is 0 Å². The molecule has 2 aromatic carbocycles. The van der Waals surface area contributed by atoms with Gasteiger partial charge in [-0.2, -0.15) is 0 Å². The number of alkyl halides is 2. The first kappa shape index (κ1) is 31.2. The van der Waals surface area contributed by atoms with E-state index < -0.39 is 35.7 Å². The summed E-state index contributed by atoms with van der Waals surface area (Å²) in [6.45, 7) is 4.36. The van der Waals surface area contributed by atoms with Gasteiger partial charge in [-0.15, -0.1) is 23.2 Å². The number of aryl methyl sites for hydroxylation is 1. The van der Waals surface area contributed by atoms with Crippen LogP contribution < -0.4 is 15.5 Å². The zero-order valence-electron chi connectivity index (χ0n) is 22.8. The Kier molecular flexibility index (Phi) is 11.6. The summed E-state index contributed by atoms with van der Waals surface area (Å²) >= 11 is 11.9. The fraction of sp³-hybridized carbons (Fsp3) is 0.429. The van der Waals surface area contributed by atoms with Crippen molar-refractivity contribution in [3.63, 3.8) is 0 Å². The number of anilines is 1. The normalized spacial score (nSPS) is 12.6. The van der Waals surface area contributed by atoms with Gasteiger partial charge in [0, 0.05) is 57.3 Å². The number of nitrogens with one attached hydrogen (secondary N) is 2. The van der Waals surface area contributed by atoms with Crippen molar-refractivity contribution in [3.8, 4) is 0 Å². The third-order valence-corrected chi connectivity index (χ3v) is 6.69. The highest BCUT2D eigenvalue weighted by molar-refractivity contribution is 6.18. The first-order valence-corrected chi connectivity index (χ1v) is 14.0. The minimum absolute atomic E-state index is 0.0745. The maximum atomic E-state index is 13.4. The Morgan fingerprint density at radius 2 is 1.70 bits per heavy atom. The summed E-state index contributed by atoms with van der Waals surface area (Å²) in [5.74, 6) is -0.562. The fourth-order valence-corrected chi connectivity index (χ4v) is 4.80. The highest BCUT2D eigenvalue weighted by atomic mass is 35.5. The van der Waals surface area contributed by atoms with Crippen molar-refractivity contribution in [3.05, 3.63) is 59.7 Å². The Bertz CT molecular complexity index is 1310. The molecule has 0 aliphatic carbocycles. The molecule has 2 atom stereocenters. The molecule has 0 radical (unpaired) electrons. The second kappa shape index (κ2) is 14.9. The number of carbonyl (C=O) groups is 3. The summed E-state index contributed by atoms with van der Waals surface area (Å²) in [4.78, 5) is 44.9. The molecule has 2 unspecified atom stereocenters. The summed E-state index contributed by atoms with van der Waals surface area (Å²) in [7, 11) is 1.83. The minimum Gasteiger partial charge on any atom is -0.464 e. The molecule has 0 bridgehead atoms. The van der Waals surface area contributed by atoms with Crippen LogP contribution in [-0.4, -0.2) is 70.9 Å². The molecule has 40 heavy (non-hydrogen) atoms. The first-order valence-electron chi connectivity index (χ1n) is 13.0. The lowest BCUT2D eigenvalue weighted by molar-refractivity contribution is -0.147. The molecule has 12 heteroatoms. The van der Waals surface area contributed by atoms with Crippen molar-refractivity contribution in [1.82, 2.24) is 20.2 Å². The molecule has 0 saturated heterocycles. The zero-order chi connectivity index (χ0) is 29.2. The van der Waals surface area contributed by atoms with Crippen molar-refractivity contribution >= 4 is 57.7 Å². The molecule has 1 aromatic heterocycles. The van der Waals surface area contributed by atoms with Gasteiger partial charge in [0.25, 0.3) is 0 Å². The highest BCUT2D eigenvalue weighted by Gasteiger charge is 2.29. The van der Waals surface area contributed by atoms with Crippen LogP contribution in [0.1, 0.15) is 25.2 Å². The Morgan fingerprint density at radius 1 is 1.02 bits per heavy atom. The number of fused-ring (bicyclic) bond motifs is 1. The van der Waals surface area contributed by atoms with Crippen LogP contribution in [0.25, 0.3) is 11.0 Å². The smallest absolute Gasteiger partial charge is 0.328 e. The van der Waals surface area contributed by atoms with Crippen LogP contribution in [0.4, 0.5) is 10.1 Å². The lowest BCUT2D eigenvalue weighted by Gasteiger charge is -2.22.